The first-order valence-electron chi connectivity index (χ1n) is 11.9. The highest BCUT2D eigenvalue weighted by atomic mass is 16.2. The summed E-state index contributed by atoms with van der Waals surface area (Å²) < 4.78 is 1.83. The fourth-order valence-corrected chi connectivity index (χ4v) is 5.86. The van der Waals surface area contributed by atoms with Crippen molar-refractivity contribution in [2.24, 2.45) is 11.8 Å². The molecule has 8 nitrogen and oxygen atoms in total. The van der Waals surface area contributed by atoms with Crippen LogP contribution in [0, 0.1) is 11.8 Å². The molecule has 0 radical (unpaired) electrons. The molecule has 2 saturated carbocycles. The quantitative estimate of drug-likeness (QED) is 0.696. The zero-order chi connectivity index (χ0) is 22.0. The lowest BCUT2D eigenvalue weighted by atomic mass is 9.89. The second kappa shape index (κ2) is 8.92. The largest absolute Gasteiger partial charge is 0.371 e. The van der Waals surface area contributed by atoms with Gasteiger partial charge in [-0.05, 0) is 49.7 Å². The number of rotatable bonds is 7. The molecule has 1 aromatic carbocycles. The van der Waals surface area contributed by atoms with Crippen LogP contribution in [0.3, 0.4) is 0 Å². The van der Waals surface area contributed by atoms with E-state index in [1.54, 1.807) is 12.7 Å². The Kier molecular flexibility index (Phi) is 5.85. The summed E-state index contributed by atoms with van der Waals surface area (Å²) in [4.78, 5) is 28.3. The summed E-state index contributed by atoms with van der Waals surface area (Å²) in [7, 11) is 0. The lowest BCUT2D eigenvalue weighted by molar-refractivity contribution is -0.134. The first-order chi connectivity index (χ1) is 15.6. The molecule has 3 aliphatic rings. The van der Waals surface area contributed by atoms with Crippen molar-refractivity contribution in [3.63, 3.8) is 0 Å². The maximum absolute atomic E-state index is 13.5. The fourth-order valence-electron chi connectivity index (χ4n) is 5.86. The molecule has 2 N–H and O–H groups in total. The number of aromatic nitrogens is 3. The SMILES string of the molecule is O=C(CCn1cnnc1)N1C[C@H]2CC[C@@H](C1)C2NC(=O)C1(Nc2ccccc2)CCCC1. The first-order valence-corrected chi connectivity index (χ1v) is 11.9. The smallest absolute Gasteiger partial charge is 0.245 e. The molecule has 3 atom stereocenters. The Balaban J connectivity index is 1.20. The number of likely N-dealkylation sites (tertiary alicyclic amines) is 1. The van der Waals surface area contributed by atoms with Gasteiger partial charge in [-0.2, -0.15) is 0 Å². The highest BCUT2D eigenvalue weighted by Crippen LogP contribution is 2.39. The number of hydrogen-bond donors (Lipinski definition) is 2. The average molecular weight is 437 g/mol. The number of para-hydroxylation sites is 1. The minimum Gasteiger partial charge on any atom is -0.371 e. The van der Waals surface area contributed by atoms with Crippen LogP contribution in [0.2, 0.25) is 0 Å². The van der Waals surface area contributed by atoms with Gasteiger partial charge in [-0.1, -0.05) is 31.0 Å². The summed E-state index contributed by atoms with van der Waals surface area (Å²) in [5.74, 6) is 0.991. The van der Waals surface area contributed by atoms with Gasteiger partial charge < -0.3 is 20.1 Å². The van der Waals surface area contributed by atoms with E-state index in [4.69, 9.17) is 0 Å². The summed E-state index contributed by atoms with van der Waals surface area (Å²) in [5.41, 5.74) is 0.480. The van der Waals surface area contributed by atoms with Crippen molar-refractivity contribution in [2.45, 2.75) is 63.1 Å². The number of nitrogens with zero attached hydrogens (tertiary/aromatic N) is 4. The molecule has 1 aromatic heterocycles. The number of anilines is 1. The third kappa shape index (κ3) is 4.23. The number of carbonyl (C=O) groups excluding carboxylic acids is 2. The predicted octanol–water partition coefficient (Wildman–Crippen LogP) is 2.45. The molecule has 0 spiro atoms. The van der Waals surface area contributed by atoms with Crippen molar-refractivity contribution >= 4 is 17.5 Å². The average Bonchev–Trinajstić information content (AvgIpc) is 3.54. The molecule has 2 amide bonds. The van der Waals surface area contributed by atoms with E-state index in [-0.39, 0.29) is 17.9 Å². The fraction of sp³-hybridized carbons (Fsp3) is 0.583. The number of aryl methyl sites for hydroxylation is 1. The van der Waals surface area contributed by atoms with Gasteiger partial charge in [0.1, 0.15) is 18.2 Å². The molecule has 1 aliphatic heterocycles. The van der Waals surface area contributed by atoms with Crippen LogP contribution in [0.15, 0.2) is 43.0 Å². The standard InChI is InChI=1S/C24H32N6O2/c31-21(10-13-29-16-25-26-17-29)30-14-18-8-9-19(15-30)22(18)27-23(32)24(11-4-5-12-24)28-20-6-2-1-3-7-20/h1-3,6-7,16-19,22,28H,4-5,8-15H2,(H,27,32)/t18-,19+,22?. The summed E-state index contributed by atoms with van der Waals surface area (Å²) >= 11 is 0. The number of benzene rings is 1. The van der Waals surface area contributed by atoms with Gasteiger partial charge in [0.05, 0.1) is 0 Å². The maximum Gasteiger partial charge on any atom is 0.245 e. The Labute approximate surface area is 188 Å². The van der Waals surface area contributed by atoms with Crippen LogP contribution >= 0.6 is 0 Å². The summed E-state index contributed by atoms with van der Waals surface area (Å²) in [5, 5.41) is 14.6. The van der Waals surface area contributed by atoms with E-state index in [9.17, 15) is 9.59 Å². The van der Waals surface area contributed by atoms with Crippen molar-refractivity contribution in [2.75, 3.05) is 18.4 Å². The van der Waals surface area contributed by atoms with Gasteiger partial charge in [-0.15, -0.1) is 10.2 Å². The Morgan fingerprint density at radius 2 is 1.66 bits per heavy atom. The van der Waals surface area contributed by atoms with Crippen molar-refractivity contribution < 1.29 is 9.59 Å². The molecule has 1 unspecified atom stereocenters. The Morgan fingerprint density at radius 3 is 2.31 bits per heavy atom. The maximum atomic E-state index is 13.5. The highest BCUT2D eigenvalue weighted by molar-refractivity contribution is 5.90. The van der Waals surface area contributed by atoms with Crippen molar-refractivity contribution in [3.8, 4) is 0 Å². The molecule has 2 heterocycles. The van der Waals surface area contributed by atoms with Crippen LogP contribution in [-0.2, 0) is 16.1 Å². The first kappa shape index (κ1) is 21.0. The van der Waals surface area contributed by atoms with Gasteiger partial charge in [0.15, 0.2) is 0 Å². The lowest BCUT2D eigenvalue weighted by Gasteiger charge is -2.40. The zero-order valence-corrected chi connectivity index (χ0v) is 18.4. The van der Waals surface area contributed by atoms with E-state index in [1.807, 2.05) is 39.8 Å². The summed E-state index contributed by atoms with van der Waals surface area (Å²) in [6.45, 7) is 2.08. The molecule has 8 heteroatoms. The van der Waals surface area contributed by atoms with E-state index in [0.29, 0.717) is 24.8 Å². The van der Waals surface area contributed by atoms with E-state index >= 15 is 0 Å². The number of hydrogen-bond acceptors (Lipinski definition) is 5. The van der Waals surface area contributed by atoms with E-state index in [0.717, 1.165) is 57.3 Å². The van der Waals surface area contributed by atoms with Gasteiger partial charge in [0.2, 0.25) is 11.8 Å². The zero-order valence-electron chi connectivity index (χ0n) is 18.4. The molecule has 2 aromatic rings. The topological polar surface area (TPSA) is 92.2 Å². The molecule has 5 rings (SSSR count). The van der Waals surface area contributed by atoms with Crippen LogP contribution < -0.4 is 10.6 Å². The molecular weight excluding hydrogens is 404 g/mol. The lowest BCUT2D eigenvalue weighted by Crippen LogP contribution is -2.59. The van der Waals surface area contributed by atoms with Crippen molar-refractivity contribution in [1.29, 1.82) is 0 Å². The van der Waals surface area contributed by atoms with Crippen molar-refractivity contribution in [1.82, 2.24) is 25.0 Å². The monoisotopic (exact) mass is 436 g/mol. The van der Waals surface area contributed by atoms with Gasteiger partial charge in [0, 0.05) is 37.8 Å². The molecule has 3 fully saturated rings. The van der Waals surface area contributed by atoms with Gasteiger partial charge >= 0.3 is 0 Å². The minimum atomic E-state index is -0.521. The van der Waals surface area contributed by atoms with E-state index in [1.165, 1.54) is 0 Å². The third-order valence-electron chi connectivity index (χ3n) is 7.58. The minimum absolute atomic E-state index is 0.133. The van der Waals surface area contributed by atoms with E-state index in [2.05, 4.69) is 20.8 Å². The van der Waals surface area contributed by atoms with Gasteiger partial charge in [-0.3, -0.25) is 9.59 Å². The van der Waals surface area contributed by atoms with Crippen LogP contribution in [0.1, 0.15) is 44.9 Å². The molecule has 170 valence electrons. The highest BCUT2D eigenvalue weighted by Gasteiger charge is 2.47. The van der Waals surface area contributed by atoms with Gasteiger partial charge in [-0.25, -0.2) is 0 Å². The molecule has 2 aliphatic carbocycles. The van der Waals surface area contributed by atoms with Crippen molar-refractivity contribution in [3.05, 3.63) is 43.0 Å². The number of piperidine rings is 1. The third-order valence-corrected chi connectivity index (χ3v) is 7.58. The number of nitrogens with one attached hydrogen (secondary N) is 2. The number of amides is 2. The summed E-state index contributed by atoms with van der Waals surface area (Å²) in [6.07, 6.45) is 9.75. The Bertz CT molecular complexity index is 911. The Morgan fingerprint density at radius 1 is 1.00 bits per heavy atom. The Hall–Kier alpha value is -2.90. The van der Waals surface area contributed by atoms with Crippen LogP contribution in [0.25, 0.3) is 0 Å². The molecule has 32 heavy (non-hydrogen) atoms. The number of fused-ring (bicyclic) bond motifs is 2. The molecular formula is C24H32N6O2. The second-order valence-corrected chi connectivity index (χ2v) is 9.63. The van der Waals surface area contributed by atoms with Crippen LogP contribution in [0.5, 0.6) is 0 Å². The number of carbonyl (C=O) groups is 2. The van der Waals surface area contributed by atoms with E-state index < -0.39 is 5.54 Å². The second-order valence-electron chi connectivity index (χ2n) is 9.63. The van der Waals surface area contributed by atoms with Crippen LogP contribution in [0.4, 0.5) is 5.69 Å². The summed E-state index contributed by atoms with van der Waals surface area (Å²) in [6, 6.07) is 10.2. The normalized spacial score (nSPS) is 26.1. The van der Waals surface area contributed by atoms with Gasteiger partial charge in [0.25, 0.3) is 0 Å². The van der Waals surface area contributed by atoms with Crippen LogP contribution in [-0.4, -0.2) is 56.1 Å². The molecule has 1 saturated heterocycles. The molecule has 2 bridgehead atoms. The predicted molar refractivity (Wildman–Crippen MR) is 121 cm³/mol.